The van der Waals surface area contributed by atoms with Crippen molar-refractivity contribution in [1.29, 1.82) is 0 Å². The Bertz CT molecular complexity index is 940. The molecule has 5 nitrogen and oxygen atoms in total. The molecule has 134 valence electrons. The summed E-state index contributed by atoms with van der Waals surface area (Å²) in [5, 5.41) is 3.67. The highest BCUT2D eigenvalue weighted by Gasteiger charge is 2.16. The van der Waals surface area contributed by atoms with Gasteiger partial charge in [-0.1, -0.05) is 44.2 Å². The maximum Gasteiger partial charge on any atom is 0.340 e. The van der Waals surface area contributed by atoms with Gasteiger partial charge in [-0.15, -0.1) is 0 Å². The Morgan fingerprint density at radius 3 is 2.42 bits per heavy atom. The van der Waals surface area contributed by atoms with Gasteiger partial charge in [0.1, 0.15) is 6.54 Å². The Morgan fingerprint density at radius 2 is 1.77 bits per heavy atom. The minimum absolute atomic E-state index is 0.115. The number of ether oxygens (including phenoxy) is 1. The standard InChI is InChI=1S/C21H22N2O3/c1-14(2)15-8-10-16(11-9-15)22-20(24)13-23-12-18(21(25)26-3)17-6-4-5-7-19(17)23/h4-12,14H,13H2,1-3H3,(H,22,24). The van der Waals surface area contributed by atoms with Gasteiger partial charge >= 0.3 is 5.97 Å². The number of hydrogen-bond acceptors (Lipinski definition) is 3. The number of nitrogens with zero attached hydrogens (tertiary/aromatic N) is 1. The summed E-state index contributed by atoms with van der Waals surface area (Å²) in [4.78, 5) is 24.4. The van der Waals surface area contributed by atoms with E-state index >= 15 is 0 Å². The summed E-state index contributed by atoms with van der Waals surface area (Å²) in [5.74, 6) is -0.119. The molecular formula is C21H22N2O3. The Morgan fingerprint density at radius 1 is 1.08 bits per heavy atom. The topological polar surface area (TPSA) is 60.3 Å². The first-order chi connectivity index (χ1) is 12.5. The molecule has 1 aromatic heterocycles. The molecule has 0 bridgehead atoms. The first-order valence-corrected chi connectivity index (χ1v) is 8.55. The predicted octanol–water partition coefficient (Wildman–Crippen LogP) is 4.19. The average Bonchev–Trinajstić information content (AvgIpc) is 3.00. The van der Waals surface area contributed by atoms with E-state index in [1.54, 1.807) is 10.8 Å². The van der Waals surface area contributed by atoms with E-state index in [1.165, 1.54) is 12.7 Å². The molecule has 2 aromatic carbocycles. The number of aromatic nitrogens is 1. The lowest BCUT2D eigenvalue weighted by atomic mass is 10.0. The fraction of sp³-hybridized carbons (Fsp3) is 0.238. The van der Waals surface area contributed by atoms with Crippen molar-refractivity contribution in [2.24, 2.45) is 0 Å². The molecular weight excluding hydrogens is 328 g/mol. The molecule has 1 heterocycles. The summed E-state index contributed by atoms with van der Waals surface area (Å²) < 4.78 is 6.60. The molecule has 0 spiro atoms. The van der Waals surface area contributed by atoms with E-state index in [4.69, 9.17) is 4.74 Å². The number of carbonyl (C=O) groups is 2. The SMILES string of the molecule is COC(=O)c1cn(CC(=O)Nc2ccc(C(C)C)cc2)c2ccccc12. The summed E-state index contributed by atoms with van der Waals surface area (Å²) in [6.45, 7) is 4.37. The van der Waals surface area contributed by atoms with Crippen LogP contribution in [0.3, 0.4) is 0 Å². The molecule has 0 fully saturated rings. The van der Waals surface area contributed by atoms with Crippen molar-refractivity contribution >= 4 is 28.5 Å². The highest BCUT2D eigenvalue weighted by atomic mass is 16.5. The van der Waals surface area contributed by atoms with E-state index in [0.717, 1.165) is 16.6 Å². The van der Waals surface area contributed by atoms with Gasteiger partial charge in [0.15, 0.2) is 0 Å². The van der Waals surface area contributed by atoms with Crippen molar-refractivity contribution in [2.75, 3.05) is 12.4 Å². The third-order valence-electron chi connectivity index (χ3n) is 4.37. The van der Waals surface area contributed by atoms with E-state index < -0.39 is 5.97 Å². The Kier molecular flexibility index (Phi) is 5.07. The number of para-hydroxylation sites is 1. The second-order valence-electron chi connectivity index (χ2n) is 6.50. The molecule has 0 saturated heterocycles. The lowest BCUT2D eigenvalue weighted by molar-refractivity contribution is -0.116. The van der Waals surface area contributed by atoms with Gasteiger partial charge in [0.05, 0.1) is 12.7 Å². The molecule has 1 N–H and O–H groups in total. The fourth-order valence-corrected chi connectivity index (χ4v) is 2.96. The number of nitrogens with one attached hydrogen (secondary N) is 1. The number of rotatable bonds is 5. The summed E-state index contributed by atoms with van der Waals surface area (Å²) in [6, 6.07) is 15.3. The van der Waals surface area contributed by atoms with Crippen LogP contribution in [0.2, 0.25) is 0 Å². The highest BCUT2D eigenvalue weighted by molar-refractivity contribution is 6.04. The van der Waals surface area contributed by atoms with Crippen LogP contribution >= 0.6 is 0 Å². The third kappa shape index (κ3) is 3.61. The smallest absolute Gasteiger partial charge is 0.340 e. The van der Waals surface area contributed by atoms with Crippen molar-refractivity contribution in [3.63, 3.8) is 0 Å². The van der Waals surface area contributed by atoms with Gasteiger partial charge < -0.3 is 14.6 Å². The van der Waals surface area contributed by atoms with Crippen LogP contribution in [0.15, 0.2) is 54.7 Å². The minimum atomic E-state index is -0.412. The number of carbonyl (C=O) groups excluding carboxylic acids is 2. The van der Waals surface area contributed by atoms with Crippen LogP contribution in [0.1, 0.15) is 35.7 Å². The molecule has 0 saturated carbocycles. The summed E-state index contributed by atoms with van der Waals surface area (Å²) in [7, 11) is 1.35. The third-order valence-corrected chi connectivity index (χ3v) is 4.37. The number of fused-ring (bicyclic) bond motifs is 1. The van der Waals surface area contributed by atoms with Crippen molar-refractivity contribution in [3.05, 3.63) is 65.9 Å². The predicted molar refractivity (Wildman–Crippen MR) is 102 cm³/mol. The number of hydrogen-bond donors (Lipinski definition) is 1. The average molecular weight is 350 g/mol. The minimum Gasteiger partial charge on any atom is -0.465 e. The van der Waals surface area contributed by atoms with Crippen LogP contribution in [0.5, 0.6) is 0 Å². The first kappa shape index (κ1) is 17.7. The summed E-state index contributed by atoms with van der Waals surface area (Å²) in [6.07, 6.45) is 1.66. The van der Waals surface area contributed by atoms with Crippen LogP contribution in [0.4, 0.5) is 5.69 Å². The van der Waals surface area contributed by atoms with Crippen molar-refractivity contribution in [2.45, 2.75) is 26.3 Å². The van der Waals surface area contributed by atoms with E-state index in [2.05, 4.69) is 19.2 Å². The quantitative estimate of drug-likeness (QED) is 0.702. The van der Waals surface area contributed by atoms with Crippen LogP contribution < -0.4 is 5.32 Å². The Hall–Kier alpha value is -3.08. The number of methoxy groups -OCH3 is 1. The number of benzene rings is 2. The van der Waals surface area contributed by atoms with Crippen LogP contribution in [0.25, 0.3) is 10.9 Å². The van der Waals surface area contributed by atoms with E-state index in [1.807, 2.05) is 48.5 Å². The molecule has 1 amide bonds. The summed E-state index contributed by atoms with van der Waals surface area (Å²) in [5.41, 5.74) is 3.25. The van der Waals surface area contributed by atoms with Crippen LogP contribution in [-0.2, 0) is 16.1 Å². The number of anilines is 1. The van der Waals surface area contributed by atoms with Crippen LogP contribution in [0, 0.1) is 0 Å². The highest BCUT2D eigenvalue weighted by Crippen LogP contribution is 2.22. The molecule has 26 heavy (non-hydrogen) atoms. The van der Waals surface area contributed by atoms with Crippen molar-refractivity contribution in [3.8, 4) is 0 Å². The van der Waals surface area contributed by atoms with Gasteiger partial charge in [-0.2, -0.15) is 0 Å². The Balaban J connectivity index is 1.80. The molecule has 0 atom stereocenters. The second kappa shape index (κ2) is 7.44. The molecule has 0 aliphatic carbocycles. The van der Waals surface area contributed by atoms with Gasteiger partial charge in [0.25, 0.3) is 0 Å². The maximum atomic E-state index is 12.4. The van der Waals surface area contributed by atoms with Crippen molar-refractivity contribution in [1.82, 2.24) is 4.57 Å². The molecule has 3 rings (SSSR count). The largest absolute Gasteiger partial charge is 0.465 e. The zero-order valence-corrected chi connectivity index (χ0v) is 15.2. The summed E-state index contributed by atoms with van der Waals surface area (Å²) >= 11 is 0. The zero-order chi connectivity index (χ0) is 18.7. The Labute approximate surface area is 152 Å². The lowest BCUT2D eigenvalue weighted by Gasteiger charge is -2.09. The van der Waals surface area contributed by atoms with Gasteiger partial charge in [-0.25, -0.2) is 4.79 Å². The number of amides is 1. The van der Waals surface area contributed by atoms with E-state index in [0.29, 0.717) is 11.5 Å². The van der Waals surface area contributed by atoms with Crippen LogP contribution in [-0.4, -0.2) is 23.6 Å². The van der Waals surface area contributed by atoms with Gasteiger partial charge in [-0.3, -0.25) is 4.79 Å². The monoisotopic (exact) mass is 350 g/mol. The zero-order valence-electron chi connectivity index (χ0n) is 15.2. The molecule has 5 heteroatoms. The fourth-order valence-electron chi connectivity index (χ4n) is 2.96. The molecule has 0 radical (unpaired) electrons. The van der Waals surface area contributed by atoms with Gasteiger partial charge in [0, 0.05) is 22.8 Å². The lowest BCUT2D eigenvalue weighted by Crippen LogP contribution is -2.18. The maximum absolute atomic E-state index is 12.4. The normalized spacial score (nSPS) is 10.9. The van der Waals surface area contributed by atoms with E-state index in [9.17, 15) is 9.59 Å². The first-order valence-electron chi connectivity index (χ1n) is 8.55. The number of esters is 1. The molecule has 0 unspecified atom stereocenters. The molecule has 0 aliphatic rings. The van der Waals surface area contributed by atoms with Gasteiger partial charge in [0.2, 0.25) is 5.91 Å². The van der Waals surface area contributed by atoms with Crippen molar-refractivity contribution < 1.29 is 14.3 Å². The molecule has 0 aliphatic heterocycles. The van der Waals surface area contributed by atoms with E-state index in [-0.39, 0.29) is 12.5 Å². The molecule has 3 aromatic rings. The van der Waals surface area contributed by atoms with Gasteiger partial charge in [-0.05, 0) is 29.7 Å². The second-order valence-corrected chi connectivity index (χ2v) is 6.50.